The summed E-state index contributed by atoms with van der Waals surface area (Å²) in [6, 6.07) is 8.00. The number of hydrogen-bond acceptors (Lipinski definition) is 4. The van der Waals surface area contributed by atoms with Crippen LogP contribution in [0.5, 0.6) is 0 Å². The minimum Gasteiger partial charge on any atom is -0.469 e. The summed E-state index contributed by atoms with van der Waals surface area (Å²) in [6.07, 6.45) is 2.16. The molecule has 1 aliphatic rings. The van der Waals surface area contributed by atoms with Gasteiger partial charge in [-0.3, -0.25) is 9.59 Å². The van der Waals surface area contributed by atoms with Gasteiger partial charge in [0.1, 0.15) is 5.82 Å². The van der Waals surface area contributed by atoms with E-state index in [0.29, 0.717) is 19.0 Å². The number of aromatic nitrogens is 2. The maximum atomic E-state index is 12.1. The van der Waals surface area contributed by atoms with Crippen LogP contribution in [0.2, 0.25) is 0 Å². The van der Waals surface area contributed by atoms with Gasteiger partial charge in [0.2, 0.25) is 5.91 Å². The highest BCUT2D eigenvalue weighted by Gasteiger charge is 2.25. The van der Waals surface area contributed by atoms with E-state index in [-0.39, 0.29) is 24.7 Å². The van der Waals surface area contributed by atoms with Crippen LogP contribution in [-0.2, 0) is 14.3 Å². The SMILES string of the molecule is COC(=O)CCC(=O)N1CCC(c2nc3ccccc3[nH]2)CC1. The number of esters is 1. The summed E-state index contributed by atoms with van der Waals surface area (Å²) in [5, 5.41) is 0. The monoisotopic (exact) mass is 315 g/mol. The van der Waals surface area contributed by atoms with Crippen molar-refractivity contribution >= 4 is 22.9 Å². The van der Waals surface area contributed by atoms with Crippen molar-refractivity contribution in [2.24, 2.45) is 0 Å². The number of nitrogens with one attached hydrogen (secondary N) is 1. The van der Waals surface area contributed by atoms with E-state index in [1.54, 1.807) is 0 Å². The number of nitrogens with zero attached hydrogens (tertiary/aromatic N) is 2. The third kappa shape index (κ3) is 3.52. The Morgan fingerprint density at radius 1 is 1.26 bits per heavy atom. The summed E-state index contributed by atoms with van der Waals surface area (Å²) in [6.45, 7) is 1.42. The fraction of sp³-hybridized carbons (Fsp3) is 0.471. The number of aromatic amines is 1. The molecule has 1 fully saturated rings. The van der Waals surface area contributed by atoms with E-state index in [1.165, 1.54) is 7.11 Å². The van der Waals surface area contributed by atoms with Crippen LogP contribution in [0.15, 0.2) is 24.3 Å². The second kappa shape index (κ2) is 6.81. The van der Waals surface area contributed by atoms with E-state index >= 15 is 0 Å². The topological polar surface area (TPSA) is 75.3 Å². The molecular weight excluding hydrogens is 294 g/mol. The van der Waals surface area contributed by atoms with Gasteiger partial charge < -0.3 is 14.6 Å². The molecule has 1 saturated heterocycles. The average Bonchev–Trinajstić information content (AvgIpc) is 3.03. The Kier molecular flexibility index (Phi) is 4.60. The third-order valence-corrected chi connectivity index (χ3v) is 4.41. The third-order valence-electron chi connectivity index (χ3n) is 4.41. The Balaban J connectivity index is 1.55. The highest BCUT2D eigenvalue weighted by molar-refractivity contribution is 5.81. The highest BCUT2D eigenvalue weighted by Crippen LogP contribution is 2.28. The summed E-state index contributed by atoms with van der Waals surface area (Å²) >= 11 is 0. The lowest BCUT2D eigenvalue weighted by Crippen LogP contribution is -2.38. The number of amides is 1. The molecule has 2 aromatic rings. The maximum absolute atomic E-state index is 12.1. The predicted octanol–water partition coefficient (Wildman–Crippen LogP) is 2.22. The number of likely N-dealkylation sites (tertiary alicyclic amines) is 1. The highest BCUT2D eigenvalue weighted by atomic mass is 16.5. The molecule has 0 radical (unpaired) electrons. The molecule has 0 aliphatic carbocycles. The van der Waals surface area contributed by atoms with Gasteiger partial charge in [-0.1, -0.05) is 12.1 Å². The van der Waals surface area contributed by atoms with Crippen LogP contribution >= 0.6 is 0 Å². The first-order valence-corrected chi connectivity index (χ1v) is 7.96. The zero-order chi connectivity index (χ0) is 16.2. The Labute approximate surface area is 134 Å². The molecule has 0 saturated carbocycles. The number of piperidine rings is 1. The number of carbonyl (C=O) groups is 2. The molecule has 1 N–H and O–H groups in total. The number of H-pyrrole nitrogens is 1. The largest absolute Gasteiger partial charge is 0.469 e. The van der Waals surface area contributed by atoms with Gasteiger partial charge in [0.15, 0.2) is 0 Å². The standard InChI is InChI=1S/C17H21N3O3/c1-23-16(22)7-6-15(21)20-10-8-12(9-11-20)17-18-13-4-2-3-5-14(13)19-17/h2-5,12H,6-11H2,1H3,(H,18,19). The molecule has 1 aliphatic heterocycles. The fourth-order valence-electron chi connectivity index (χ4n) is 3.04. The molecule has 23 heavy (non-hydrogen) atoms. The van der Waals surface area contributed by atoms with Gasteiger partial charge >= 0.3 is 5.97 Å². The summed E-state index contributed by atoms with van der Waals surface area (Å²) in [5.74, 6) is 1.05. The number of imidazole rings is 1. The van der Waals surface area contributed by atoms with Crippen LogP contribution in [0.25, 0.3) is 11.0 Å². The van der Waals surface area contributed by atoms with Crippen molar-refractivity contribution in [3.63, 3.8) is 0 Å². The molecule has 2 heterocycles. The average molecular weight is 315 g/mol. The summed E-state index contributed by atoms with van der Waals surface area (Å²) < 4.78 is 4.57. The lowest BCUT2D eigenvalue weighted by molar-refractivity contribution is -0.143. The van der Waals surface area contributed by atoms with Crippen LogP contribution < -0.4 is 0 Å². The molecule has 1 aromatic carbocycles. The smallest absolute Gasteiger partial charge is 0.306 e. The second-order valence-corrected chi connectivity index (χ2v) is 5.87. The van der Waals surface area contributed by atoms with Crippen molar-refractivity contribution in [2.45, 2.75) is 31.6 Å². The number of fused-ring (bicyclic) bond motifs is 1. The van der Waals surface area contributed by atoms with Crippen molar-refractivity contribution in [1.29, 1.82) is 0 Å². The summed E-state index contributed by atoms with van der Waals surface area (Å²) in [5.41, 5.74) is 2.04. The first-order valence-electron chi connectivity index (χ1n) is 7.96. The van der Waals surface area contributed by atoms with E-state index < -0.39 is 0 Å². The van der Waals surface area contributed by atoms with Crippen molar-refractivity contribution in [3.05, 3.63) is 30.1 Å². The molecule has 6 nitrogen and oxygen atoms in total. The van der Waals surface area contributed by atoms with Gasteiger partial charge in [0.25, 0.3) is 0 Å². The minimum absolute atomic E-state index is 0.0263. The Bertz CT molecular complexity index is 669. The summed E-state index contributed by atoms with van der Waals surface area (Å²) in [4.78, 5) is 33.1. The van der Waals surface area contributed by atoms with E-state index in [2.05, 4.69) is 14.7 Å². The van der Waals surface area contributed by atoms with Gasteiger partial charge in [-0.2, -0.15) is 0 Å². The molecule has 0 spiro atoms. The Hall–Kier alpha value is -2.37. The Morgan fingerprint density at radius 2 is 2.00 bits per heavy atom. The van der Waals surface area contributed by atoms with E-state index in [0.717, 1.165) is 29.7 Å². The zero-order valence-electron chi connectivity index (χ0n) is 13.2. The van der Waals surface area contributed by atoms with Crippen molar-refractivity contribution in [3.8, 4) is 0 Å². The number of rotatable bonds is 4. The van der Waals surface area contributed by atoms with Crippen LogP contribution in [0, 0.1) is 0 Å². The van der Waals surface area contributed by atoms with Crippen LogP contribution in [-0.4, -0.2) is 46.9 Å². The maximum Gasteiger partial charge on any atom is 0.306 e. The number of para-hydroxylation sites is 2. The molecular formula is C17H21N3O3. The number of benzene rings is 1. The minimum atomic E-state index is -0.337. The molecule has 122 valence electrons. The molecule has 1 amide bonds. The number of hydrogen-bond donors (Lipinski definition) is 1. The first-order chi connectivity index (χ1) is 11.2. The quantitative estimate of drug-likeness (QED) is 0.878. The molecule has 0 atom stereocenters. The van der Waals surface area contributed by atoms with Gasteiger partial charge in [-0.25, -0.2) is 4.98 Å². The molecule has 0 bridgehead atoms. The van der Waals surface area contributed by atoms with Crippen LogP contribution in [0.3, 0.4) is 0 Å². The normalized spacial score (nSPS) is 15.8. The van der Waals surface area contributed by atoms with Crippen LogP contribution in [0.4, 0.5) is 0 Å². The first kappa shape index (κ1) is 15.5. The van der Waals surface area contributed by atoms with Gasteiger partial charge in [0, 0.05) is 25.4 Å². The lowest BCUT2D eigenvalue weighted by atomic mass is 9.96. The number of ether oxygens (including phenoxy) is 1. The number of methoxy groups -OCH3 is 1. The van der Waals surface area contributed by atoms with Gasteiger partial charge in [-0.15, -0.1) is 0 Å². The molecule has 1 aromatic heterocycles. The number of carbonyl (C=O) groups excluding carboxylic acids is 2. The van der Waals surface area contributed by atoms with E-state index in [1.807, 2.05) is 29.2 Å². The molecule has 3 rings (SSSR count). The van der Waals surface area contributed by atoms with Crippen molar-refractivity contribution < 1.29 is 14.3 Å². The predicted molar refractivity (Wildman–Crippen MR) is 85.9 cm³/mol. The molecule has 6 heteroatoms. The fourth-order valence-corrected chi connectivity index (χ4v) is 3.04. The Morgan fingerprint density at radius 3 is 2.70 bits per heavy atom. The molecule has 0 unspecified atom stereocenters. The second-order valence-electron chi connectivity index (χ2n) is 5.87. The van der Waals surface area contributed by atoms with E-state index in [4.69, 9.17) is 0 Å². The summed E-state index contributed by atoms with van der Waals surface area (Å²) in [7, 11) is 1.34. The van der Waals surface area contributed by atoms with Crippen molar-refractivity contribution in [1.82, 2.24) is 14.9 Å². The lowest BCUT2D eigenvalue weighted by Gasteiger charge is -2.31. The van der Waals surface area contributed by atoms with Crippen LogP contribution in [0.1, 0.15) is 37.4 Å². The van der Waals surface area contributed by atoms with Gasteiger partial charge in [0.05, 0.1) is 24.6 Å². The van der Waals surface area contributed by atoms with Crippen molar-refractivity contribution in [2.75, 3.05) is 20.2 Å². The van der Waals surface area contributed by atoms with E-state index in [9.17, 15) is 9.59 Å². The zero-order valence-corrected chi connectivity index (χ0v) is 13.2. The van der Waals surface area contributed by atoms with Gasteiger partial charge in [-0.05, 0) is 25.0 Å².